The van der Waals surface area contributed by atoms with Crippen molar-refractivity contribution in [2.75, 3.05) is 13.2 Å². The normalized spacial score (nSPS) is 13.8. The first-order valence-electron chi connectivity index (χ1n) is 11.8. The number of carbonyl (C=O) groups excluding carboxylic acids is 2. The summed E-state index contributed by atoms with van der Waals surface area (Å²) in [5, 5.41) is 9.46. The molecule has 0 amide bonds. The van der Waals surface area contributed by atoms with Crippen molar-refractivity contribution in [2.24, 2.45) is 22.7 Å². The van der Waals surface area contributed by atoms with E-state index in [1.54, 1.807) is 0 Å². The van der Waals surface area contributed by atoms with E-state index < -0.39 is 17.9 Å². The number of carbonyl (C=O) groups is 3. The monoisotopic (exact) mass is 462 g/mol. The minimum Gasteiger partial charge on any atom is -0.478 e. The summed E-state index contributed by atoms with van der Waals surface area (Å²) < 4.78 is 10.7. The van der Waals surface area contributed by atoms with Crippen molar-refractivity contribution < 1.29 is 29.0 Å². The second-order valence-corrected chi connectivity index (χ2v) is 11.7. The third-order valence-corrected chi connectivity index (χ3v) is 5.31. The minimum absolute atomic E-state index is 0.136. The van der Waals surface area contributed by atoms with Gasteiger partial charge in [0.15, 0.2) is 0 Å². The lowest BCUT2D eigenvalue weighted by atomic mass is 9.84. The van der Waals surface area contributed by atoms with Crippen molar-refractivity contribution in [3.05, 3.63) is 34.9 Å². The zero-order chi connectivity index (χ0) is 25.4. The van der Waals surface area contributed by atoms with Gasteiger partial charge in [-0.1, -0.05) is 55.4 Å². The summed E-state index contributed by atoms with van der Waals surface area (Å²) in [6.45, 7) is 17.7. The van der Waals surface area contributed by atoms with Crippen molar-refractivity contribution in [3.63, 3.8) is 0 Å². The van der Waals surface area contributed by atoms with Crippen LogP contribution in [0.25, 0.3) is 0 Å². The Hall–Kier alpha value is -2.37. The zero-order valence-corrected chi connectivity index (χ0v) is 21.6. The van der Waals surface area contributed by atoms with Gasteiger partial charge in [0.05, 0.1) is 29.9 Å². The third-order valence-electron chi connectivity index (χ3n) is 5.31. The molecule has 0 aliphatic carbocycles. The number of aromatic carboxylic acids is 1. The van der Waals surface area contributed by atoms with Crippen molar-refractivity contribution >= 4 is 17.9 Å². The Kier molecular flexibility index (Phi) is 10.6. The number of carboxylic acid groups (broad SMARTS) is 1. The average molecular weight is 463 g/mol. The van der Waals surface area contributed by atoms with Crippen LogP contribution in [-0.4, -0.2) is 36.2 Å². The number of benzene rings is 1. The molecule has 33 heavy (non-hydrogen) atoms. The van der Waals surface area contributed by atoms with Gasteiger partial charge in [-0.25, -0.2) is 14.4 Å². The maximum absolute atomic E-state index is 12.6. The molecule has 0 aromatic heterocycles. The number of carboxylic acids is 1. The molecule has 0 heterocycles. The lowest BCUT2D eigenvalue weighted by molar-refractivity contribution is 0.0467. The van der Waals surface area contributed by atoms with Gasteiger partial charge in [0.1, 0.15) is 0 Å². The lowest BCUT2D eigenvalue weighted by Crippen LogP contribution is -2.17. The van der Waals surface area contributed by atoms with E-state index in [4.69, 9.17) is 9.47 Å². The minimum atomic E-state index is -1.25. The smallest absolute Gasteiger partial charge is 0.339 e. The zero-order valence-electron chi connectivity index (χ0n) is 21.6. The van der Waals surface area contributed by atoms with E-state index >= 15 is 0 Å². The quantitative estimate of drug-likeness (QED) is 0.372. The van der Waals surface area contributed by atoms with Crippen LogP contribution < -0.4 is 0 Å². The van der Waals surface area contributed by atoms with Crippen LogP contribution in [0.5, 0.6) is 0 Å². The van der Waals surface area contributed by atoms with Gasteiger partial charge >= 0.3 is 17.9 Å². The molecular formula is C27H42O6. The lowest BCUT2D eigenvalue weighted by Gasteiger charge is -2.23. The summed E-state index contributed by atoms with van der Waals surface area (Å²) >= 11 is 0. The molecule has 0 spiro atoms. The molecule has 1 aromatic carbocycles. The van der Waals surface area contributed by atoms with E-state index in [-0.39, 0.29) is 40.7 Å². The Morgan fingerprint density at radius 2 is 1.24 bits per heavy atom. The standard InChI is InChI=1S/C27H42O6/c1-18(16-26(3,4)5)11-13-32-24(30)20-9-10-21(23(28)29)22(15-20)25(31)33-14-12-19(2)17-27(6,7)8/h9-10,15,18-19H,11-14,16-17H2,1-8H3,(H,28,29). The molecule has 6 nitrogen and oxygen atoms in total. The molecule has 0 aliphatic rings. The molecule has 186 valence electrons. The largest absolute Gasteiger partial charge is 0.478 e. The number of rotatable bonds is 11. The van der Waals surface area contributed by atoms with Crippen molar-refractivity contribution in [1.29, 1.82) is 0 Å². The van der Waals surface area contributed by atoms with Crippen molar-refractivity contribution in [1.82, 2.24) is 0 Å². The number of ether oxygens (including phenoxy) is 2. The first-order chi connectivity index (χ1) is 15.1. The summed E-state index contributed by atoms with van der Waals surface area (Å²) in [6, 6.07) is 3.87. The van der Waals surface area contributed by atoms with Crippen LogP contribution in [0.3, 0.4) is 0 Å². The summed E-state index contributed by atoms with van der Waals surface area (Å²) in [6.07, 6.45) is 3.42. The van der Waals surface area contributed by atoms with E-state index in [1.165, 1.54) is 18.2 Å². The molecule has 0 fully saturated rings. The van der Waals surface area contributed by atoms with E-state index in [1.807, 2.05) is 0 Å². The van der Waals surface area contributed by atoms with Gasteiger partial charge in [-0.15, -0.1) is 0 Å². The summed E-state index contributed by atoms with van der Waals surface area (Å²) in [5.74, 6) is -1.82. The number of esters is 2. The fourth-order valence-corrected chi connectivity index (χ4v) is 4.19. The number of hydrogen-bond acceptors (Lipinski definition) is 5. The predicted molar refractivity (Wildman–Crippen MR) is 130 cm³/mol. The highest BCUT2D eigenvalue weighted by Crippen LogP contribution is 2.27. The van der Waals surface area contributed by atoms with Gasteiger partial charge in [-0.2, -0.15) is 0 Å². The Labute approximate surface area is 199 Å². The summed E-state index contributed by atoms with van der Waals surface area (Å²) in [7, 11) is 0. The van der Waals surface area contributed by atoms with Gasteiger partial charge < -0.3 is 14.6 Å². The van der Waals surface area contributed by atoms with Crippen LogP contribution in [0, 0.1) is 22.7 Å². The summed E-state index contributed by atoms with van der Waals surface area (Å²) in [5.41, 5.74) is 0.186. The molecule has 2 unspecified atom stereocenters. The Morgan fingerprint density at radius 3 is 1.67 bits per heavy atom. The van der Waals surface area contributed by atoms with E-state index in [9.17, 15) is 19.5 Å². The molecule has 1 aromatic rings. The van der Waals surface area contributed by atoms with Crippen LogP contribution >= 0.6 is 0 Å². The van der Waals surface area contributed by atoms with Crippen molar-refractivity contribution in [2.45, 2.75) is 81.1 Å². The maximum Gasteiger partial charge on any atom is 0.339 e. The van der Waals surface area contributed by atoms with Gasteiger partial charge in [-0.05, 0) is 66.5 Å². The number of hydrogen-bond donors (Lipinski definition) is 1. The van der Waals surface area contributed by atoms with Crippen LogP contribution in [0.15, 0.2) is 18.2 Å². The van der Waals surface area contributed by atoms with E-state index in [0.717, 1.165) is 19.3 Å². The van der Waals surface area contributed by atoms with E-state index in [2.05, 4.69) is 55.4 Å². The van der Waals surface area contributed by atoms with Crippen molar-refractivity contribution in [3.8, 4) is 0 Å². The molecule has 1 rings (SSSR count). The van der Waals surface area contributed by atoms with Gasteiger partial charge in [-0.3, -0.25) is 0 Å². The predicted octanol–water partition coefficient (Wildman–Crippen LogP) is 6.62. The molecule has 0 saturated carbocycles. The first-order valence-corrected chi connectivity index (χ1v) is 11.8. The Bertz CT molecular complexity index is 813. The fourth-order valence-electron chi connectivity index (χ4n) is 4.19. The van der Waals surface area contributed by atoms with Gasteiger partial charge in [0.2, 0.25) is 0 Å². The van der Waals surface area contributed by atoms with E-state index in [0.29, 0.717) is 18.3 Å². The van der Waals surface area contributed by atoms with Gasteiger partial charge in [0, 0.05) is 0 Å². The molecule has 0 bridgehead atoms. The third kappa shape index (κ3) is 11.4. The molecule has 6 heteroatoms. The van der Waals surface area contributed by atoms with Gasteiger partial charge in [0.25, 0.3) is 0 Å². The molecule has 0 radical (unpaired) electrons. The molecule has 2 atom stereocenters. The maximum atomic E-state index is 12.6. The molecule has 1 N–H and O–H groups in total. The first kappa shape index (κ1) is 28.7. The highest BCUT2D eigenvalue weighted by molar-refractivity contribution is 6.04. The molecular weight excluding hydrogens is 420 g/mol. The van der Waals surface area contributed by atoms with Crippen LogP contribution in [0.1, 0.15) is 112 Å². The topological polar surface area (TPSA) is 89.9 Å². The Balaban J connectivity index is 2.77. The molecule has 0 aliphatic heterocycles. The molecule has 0 saturated heterocycles. The average Bonchev–Trinajstić information content (AvgIpc) is 2.64. The second-order valence-electron chi connectivity index (χ2n) is 11.7. The van der Waals surface area contributed by atoms with Crippen LogP contribution in [-0.2, 0) is 9.47 Å². The highest BCUT2D eigenvalue weighted by atomic mass is 16.5. The Morgan fingerprint density at radius 1 is 0.788 bits per heavy atom. The van der Waals surface area contributed by atoms with Crippen LogP contribution in [0.4, 0.5) is 0 Å². The fraction of sp³-hybridized carbons (Fsp3) is 0.667. The van der Waals surface area contributed by atoms with Crippen LogP contribution in [0.2, 0.25) is 0 Å². The summed E-state index contributed by atoms with van der Waals surface area (Å²) in [4.78, 5) is 36.7. The SMILES string of the molecule is CC(CCOC(=O)c1ccc(C(=O)O)c(C(=O)OCCC(C)CC(C)(C)C)c1)CC(C)(C)C. The second kappa shape index (κ2) is 12.2. The highest BCUT2D eigenvalue weighted by Gasteiger charge is 2.22.